The third kappa shape index (κ3) is 20.2. The number of benzene rings is 2. The van der Waals surface area contributed by atoms with Gasteiger partial charge in [0.2, 0.25) is 20.0 Å². The average molecular weight is 827 g/mol. The number of sulfonamides is 2. The molecule has 0 amide bonds. The van der Waals surface area contributed by atoms with Crippen molar-refractivity contribution in [1.82, 2.24) is 29.2 Å². The van der Waals surface area contributed by atoms with E-state index in [9.17, 15) is 36.0 Å². The van der Waals surface area contributed by atoms with Crippen LogP contribution in [0.5, 0.6) is 0 Å². The number of nitrogens with zero attached hydrogens (tertiary/aromatic N) is 2. The normalized spacial score (nSPS) is 11.3. The average Bonchev–Trinajstić information content (AvgIpc) is 3.71. The Bertz CT molecular complexity index is 1930. The maximum absolute atomic E-state index is 11.6. The lowest BCUT2D eigenvalue weighted by Crippen LogP contribution is -2.20. The fraction of sp³-hybridized carbons (Fsp3) is 0.444. The summed E-state index contributed by atoms with van der Waals surface area (Å²) in [6.07, 6.45) is 4.70. The van der Waals surface area contributed by atoms with Crippen molar-refractivity contribution in [1.29, 1.82) is 0 Å². The van der Waals surface area contributed by atoms with Gasteiger partial charge in [-0.25, -0.2) is 26.3 Å². The molecule has 56 heavy (non-hydrogen) atoms. The molecule has 0 aliphatic carbocycles. The van der Waals surface area contributed by atoms with E-state index in [0.717, 1.165) is 58.9 Å². The first-order chi connectivity index (χ1) is 26.1. The van der Waals surface area contributed by atoms with Gasteiger partial charge < -0.3 is 40.2 Å². The van der Waals surface area contributed by atoms with E-state index < -0.39 is 43.9 Å². The minimum absolute atomic E-state index is 0.0116. The third-order valence-electron chi connectivity index (χ3n) is 7.76. The zero-order valence-corrected chi connectivity index (χ0v) is 34.1. The van der Waals surface area contributed by atoms with E-state index in [1.807, 2.05) is 77.0 Å². The first-order valence-electron chi connectivity index (χ1n) is 17.2. The number of aromatic nitrogens is 2. The highest BCUT2D eigenvalue weighted by Crippen LogP contribution is 2.23. The SMILES string of the molecule is CNS(=O)(=O)Cc1ccc2[nH]cc(CCN(C)C)c2c1.CNS(=O)(=O)Cc1ccc2[nH]cc(CCN(C)C)c2c1.O=C(O)CCC(=O)O.O=C(O)CCC(=O)O. The van der Waals surface area contributed by atoms with Crippen LogP contribution in [-0.4, -0.2) is 136 Å². The minimum atomic E-state index is -3.23. The van der Waals surface area contributed by atoms with Crippen molar-refractivity contribution in [3.05, 3.63) is 71.0 Å². The molecule has 0 radical (unpaired) electrons. The molecule has 8 N–H and O–H groups in total. The molecular weight excluding hydrogens is 773 g/mol. The van der Waals surface area contributed by atoms with Crippen molar-refractivity contribution in [2.45, 2.75) is 50.0 Å². The summed E-state index contributed by atoms with van der Waals surface area (Å²) in [4.78, 5) is 49.3. The number of nitrogens with one attached hydrogen (secondary N) is 4. The quantitative estimate of drug-likeness (QED) is 0.0716. The molecule has 0 aliphatic heterocycles. The molecule has 0 saturated heterocycles. The predicted octanol–water partition coefficient (Wildman–Crippen LogP) is 2.51. The van der Waals surface area contributed by atoms with E-state index in [1.165, 1.54) is 25.2 Å². The fourth-order valence-electron chi connectivity index (χ4n) is 4.74. The lowest BCUT2D eigenvalue weighted by molar-refractivity contribution is -0.143. The summed E-state index contributed by atoms with van der Waals surface area (Å²) in [5.74, 6) is -4.28. The van der Waals surface area contributed by atoms with Gasteiger partial charge in [0, 0.05) is 47.3 Å². The minimum Gasteiger partial charge on any atom is -0.481 e. The van der Waals surface area contributed by atoms with Gasteiger partial charge in [-0.3, -0.25) is 19.2 Å². The first-order valence-corrected chi connectivity index (χ1v) is 20.5. The third-order valence-corrected chi connectivity index (χ3v) is 10.4. The zero-order valence-electron chi connectivity index (χ0n) is 32.5. The second-order valence-electron chi connectivity index (χ2n) is 13.0. The number of H-pyrrole nitrogens is 2. The number of aliphatic carboxylic acids is 4. The first kappa shape index (κ1) is 49.2. The summed E-state index contributed by atoms with van der Waals surface area (Å²) in [6.45, 7) is 1.93. The molecule has 2 aromatic heterocycles. The second kappa shape index (κ2) is 23.9. The van der Waals surface area contributed by atoms with Gasteiger partial charge in [-0.2, -0.15) is 0 Å². The Morgan fingerprint density at radius 1 is 0.571 bits per heavy atom. The predicted molar refractivity (Wildman–Crippen MR) is 213 cm³/mol. The van der Waals surface area contributed by atoms with Crippen LogP contribution in [0.15, 0.2) is 48.8 Å². The number of hydrogen-bond acceptors (Lipinski definition) is 10. The molecule has 0 saturated carbocycles. The molecule has 2 aromatic carbocycles. The molecule has 0 aliphatic rings. The van der Waals surface area contributed by atoms with Gasteiger partial charge in [-0.1, -0.05) is 12.1 Å². The Balaban J connectivity index is 0.000000408. The van der Waals surface area contributed by atoms with Crippen molar-refractivity contribution in [3.8, 4) is 0 Å². The van der Waals surface area contributed by atoms with Gasteiger partial charge in [-0.05, 0) is 102 Å². The van der Waals surface area contributed by atoms with E-state index in [4.69, 9.17) is 20.4 Å². The highest BCUT2D eigenvalue weighted by molar-refractivity contribution is 7.88. The molecule has 0 bridgehead atoms. The molecule has 4 rings (SSSR count). The molecular formula is C36H54N6O12S2. The van der Waals surface area contributed by atoms with E-state index in [1.54, 1.807) is 0 Å². The number of carbonyl (C=O) groups is 4. The molecule has 20 heteroatoms. The van der Waals surface area contributed by atoms with Gasteiger partial charge >= 0.3 is 23.9 Å². The lowest BCUT2D eigenvalue weighted by atomic mass is 10.1. The van der Waals surface area contributed by atoms with Crippen molar-refractivity contribution in [2.24, 2.45) is 0 Å². The van der Waals surface area contributed by atoms with Crippen LogP contribution in [0.4, 0.5) is 0 Å². The van der Waals surface area contributed by atoms with Gasteiger partial charge in [-0.15, -0.1) is 0 Å². The topological polar surface area (TPSA) is 280 Å². The number of hydrogen-bond donors (Lipinski definition) is 8. The largest absolute Gasteiger partial charge is 0.481 e. The van der Waals surface area contributed by atoms with Crippen LogP contribution in [0.2, 0.25) is 0 Å². The van der Waals surface area contributed by atoms with Gasteiger partial charge in [0.05, 0.1) is 37.2 Å². The lowest BCUT2D eigenvalue weighted by Gasteiger charge is -2.08. The number of fused-ring (bicyclic) bond motifs is 2. The van der Waals surface area contributed by atoms with Crippen LogP contribution in [-0.2, 0) is 63.6 Å². The summed E-state index contributed by atoms with van der Waals surface area (Å²) in [5, 5.41) is 33.8. The van der Waals surface area contributed by atoms with Gasteiger partial charge in [0.25, 0.3) is 0 Å². The van der Waals surface area contributed by atoms with Crippen LogP contribution >= 0.6 is 0 Å². The van der Waals surface area contributed by atoms with Crippen LogP contribution in [0.1, 0.15) is 47.9 Å². The van der Waals surface area contributed by atoms with Crippen LogP contribution in [0, 0.1) is 0 Å². The molecule has 0 unspecified atom stereocenters. The fourth-order valence-corrected chi connectivity index (χ4v) is 6.27. The maximum Gasteiger partial charge on any atom is 0.303 e. The number of likely N-dealkylation sites (N-methyl/N-ethyl adjacent to an activating group) is 2. The van der Waals surface area contributed by atoms with Crippen molar-refractivity contribution >= 4 is 65.7 Å². The Morgan fingerprint density at radius 3 is 1.12 bits per heavy atom. The second-order valence-corrected chi connectivity index (χ2v) is 16.8. The number of aromatic amines is 2. The van der Waals surface area contributed by atoms with Crippen LogP contribution < -0.4 is 9.44 Å². The van der Waals surface area contributed by atoms with Gasteiger partial charge in [0.15, 0.2) is 0 Å². The highest BCUT2D eigenvalue weighted by atomic mass is 32.2. The van der Waals surface area contributed by atoms with E-state index in [-0.39, 0.29) is 37.2 Å². The summed E-state index contributed by atoms with van der Waals surface area (Å²) in [7, 11) is 4.58. The molecule has 312 valence electrons. The Kier molecular flexibility index (Phi) is 21.0. The standard InChI is InChI=1S/2C14H21N3O2S.2C4H6O4/c2*1-15-20(18,19)10-11-4-5-14-13(8-11)12(9-16-14)6-7-17(2)3;2*5-3(6)1-2-4(7)8/h2*4-5,8-9,15-16H,6-7,10H2,1-3H3;2*1-2H2,(H,5,6)(H,7,8). The molecule has 0 fully saturated rings. The van der Waals surface area contributed by atoms with E-state index >= 15 is 0 Å². The van der Waals surface area contributed by atoms with Gasteiger partial charge in [0.1, 0.15) is 0 Å². The highest BCUT2D eigenvalue weighted by Gasteiger charge is 2.13. The monoisotopic (exact) mass is 826 g/mol. The van der Waals surface area contributed by atoms with Crippen molar-refractivity contribution < 1.29 is 56.4 Å². The van der Waals surface area contributed by atoms with E-state index in [2.05, 4.69) is 29.2 Å². The zero-order chi connectivity index (χ0) is 42.6. The van der Waals surface area contributed by atoms with Crippen LogP contribution in [0.3, 0.4) is 0 Å². The molecule has 0 spiro atoms. The summed E-state index contributed by atoms with van der Waals surface area (Å²) >= 11 is 0. The van der Waals surface area contributed by atoms with E-state index in [0.29, 0.717) is 0 Å². The summed E-state index contributed by atoms with van der Waals surface area (Å²) < 4.78 is 51.2. The molecule has 0 atom stereocenters. The van der Waals surface area contributed by atoms with Crippen molar-refractivity contribution in [2.75, 3.05) is 55.4 Å². The molecule has 2 heterocycles. The molecule has 4 aromatic rings. The Labute approximate surface area is 327 Å². The number of carboxylic acid groups (broad SMARTS) is 4. The summed E-state index contributed by atoms with van der Waals surface area (Å²) in [5.41, 5.74) is 6.14. The smallest absolute Gasteiger partial charge is 0.303 e. The number of carboxylic acids is 4. The molecule has 18 nitrogen and oxygen atoms in total. The summed E-state index contributed by atoms with van der Waals surface area (Å²) in [6, 6.07) is 11.5. The van der Waals surface area contributed by atoms with Crippen LogP contribution in [0.25, 0.3) is 21.8 Å². The number of rotatable bonds is 18. The van der Waals surface area contributed by atoms with Crippen molar-refractivity contribution in [3.63, 3.8) is 0 Å². The Hall–Kier alpha value is -4.86. The Morgan fingerprint density at radius 2 is 0.875 bits per heavy atom. The maximum atomic E-state index is 11.6.